The van der Waals surface area contributed by atoms with Crippen molar-refractivity contribution in [2.45, 2.75) is 19.5 Å². The number of nitrogens with two attached hydrogens (primary N) is 1. The fraction of sp³-hybridized carbons (Fsp3) is 0.231. The zero-order chi connectivity index (χ0) is 10.7. The maximum absolute atomic E-state index is 5.72. The zero-order valence-electron chi connectivity index (χ0n) is 8.61. The van der Waals surface area contributed by atoms with Crippen LogP contribution in [0.15, 0.2) is 30.5 Å². The van der Waals surface area contributed by atoms with E-state index in [-0.39, 0.29) is 0 Å². The van der Waals surface area contributed by atoms with Gasteiger partial charge in [-0.05, 0) is 17.0 Å². The summed E-state index contributed by atoms with van der Waals surface area (Å²) in [6.07, 6.45) is 8.09. The number of rotatable bonds is 3. The lowest BCUT2D eigenvalue weighted by atomic mass is 10.1. The maximum Gasteiger partial charge on any atom is 0.0526 e. The van der Waals surface area contributed by atoms with Crippen molar-refractivity contribution in [3.05, 3.63) is 36.0 Å². The quantitative estimate of drug-likeness (QED) is 0.752. The van der Waals surface area contributed by atoms with E-state index < -0.39 is 0 Å². The second-order valence-corrected chi connectivity index (χ2v) is 3.52. The Balaban J connectivity index is 2.51. The summed E-state index contributed by atoms with van der Waals surface area (Å²) in [5.41, 5.74) is 8.11. The highest BCUT2D eigenvalue weighted by Gasteiger charge is 2.04. The lowest BCUT2D eigenvalue weighted by Gasteiger charge is -2.06. The molecule has 0 radical (unpaired) electrons. The average molecular weight is 198 g/mol. The van der Waals surface area contributed by atoms with Gasteiger partial charge < -0.3 is 10.3 Å². The van der Waals surface area contributed by atoms with Crippen molar-refractivity contribution in [3.8, 4) is 12.3 Å². The molecule has 1 heterocycles. The molecular formula is C13H14N2. The number of nitrogens with zero attached hydrogens (tertiary/aromatic N) is 1. The molecule has 2 heteroatoms. The van der Waals surface area contributed by atoms with Crippen molar-refractivity contribution in [1.29, 1.82) is 0 Å². The minimum Gasteiger partial charge on any atom is -0.346 e. The fourth-order valence-electron chi connectivity index (χ4n) is 1.88. The number of benzene rings is 1. The van der Waals surface area contributed by atoms with Crippen LogP contribution in [0.5, 0.6) is 0 Å². The summed E-state index contributed by atoms with van der Waals surface area (Å²) in [5, 5.41) is 1.23. The number of aromatic nitrogens is 1. The predicted molar refractivity (Wildman–Crippen MR) is 63.3 cm³/mol. The SMILES string of the molecule is C#CCCn1ccc2cccc(CN)c21. The lowest BCUT2D eigenvalue weighted by Crippen LogP contribution is -2.02. The van der Waals surface area contributed by atoms with Gasteiger partial charge in [0, 0.05) is 25.7 Å². The third kappa shape index (κ3) is 1.74. The molecule has 0 fully saturated rings. The highest BCUT2D eigenvalue weighted by molar-refractivity contribution is 5.83. The second kappa shape index (κ2) is 4.20. The minimum absolute atomic E-state index is 0.567. The number of para-hydroxylation sites is 1. The molecule has 1 aromatic heterocycles. The Morgan fingerprint density at radius 2 is 2.20 bits per heavy atom. The van der Waals surface area contributed by atoms with Gasteiger partial charge in [-0.15, -0.1) is 12.3 Å². The molecule has 2 aromatic rings. The van der Waals surface area contributed by atoms with Gasteiger partial charge in [-0.1, -0.05) is 18.2 Å². The van der Waals surface area contributed by atoms with Crippen LogP contribution >= 0.6 is 0 Å². The molecule has 2 rings (SSSR count). The number of fused-ring (bicyclic) bond motifs is 1. The molecule has 0 atom stereocenters. The van der Waals surface area contributed by atoms with Gasteiger partial charge in [-0.2, -0.15) is 0 Å². The van der Waals surface area contributed by atoms with Crippen LogP contribution in [0, 0.1) is 12.3 Å². The molecule has 0 bridgehead atoms. The number of aryl methyl sites for hydroxylation is 1. The van der Waals surface area contributed by atoms with E-state index in [2.05, 4.69) is 34.9 Å². The molecule has 0 unspecified atom stereocenters. The van der Waals surface area contributed by atoms with Crippen molar-refractivity contribution in [3.63, 3.8) is 0 Å². The lowest BCUT2D eigenvalue weighted by molar-refractivity contribution is 0.745. The Bertz CT molecular complexity index is 503. The third-order valence-corrected chi connectivity index (χ3v) is 2.59. The van der Waals surface area contributed by atoms with Crippen molar-refractivity contribution in [1.82, 2.24) is 4.57 Å². The summed E-state index contributed by atoms with van der Waals surface area (Å²) >= 11 is 0. The van der Waals surface area contributed by atoms with Crippen molar-refractivity contribution in [2.24, 2.45) is 5.73 Å². The van der Waals surface area contributed by atoms with Crippen LogP contribution in [0.1, 0.15) is 12.0 Å². The molecule has 0 amide bonds. The molecule has 2 N–H and O–H groups in total. The standard InChI is InChI=1S/C13H14N2/c1-2-3-8-15-9-7-11-5-4-6-12(10-14)13(11)15/h1,4-7,9H,3,8,10,14H2. The maximum atomic E-state index is 5.72. The van der Waals surface area contributed by atoms with E-state index in [1.807, 2.05) is 6.07 Å². The summed E-state index contributed by atoms with van der Waals surface area (Å²) in [6.45, 7) is 1.43. The van der Waals surface area contributed by atoms with Crippen molar-refractivity contribution in [2.75, 3.05) is 0 Å². The Hall–Kier alpha value is -1.72. The molecule has 0 saturated heterocycles. The summed E-state index contributed by atoms with van der Waals surface area (Å²) in [5.74, 6) is 2.66. The molecule has 0 aliphatic rings. The molecule has 76 valence electrons. The van der Waals surface area contributed by atoms with Crippen molar-refractivity contribution >= 4 is 10.9 Å². The van der Waals surface area contributed by atoms with Crippen LogP contribution < -0.4 is 5.73 Å². The molecule has 2 nitrogen and oxygen atoms in total. The topological polar surface area (TPSA) is 30.9 Å². The first kappa shape index (κ1) is 9.82. The van der Waals surface area contributed by atoms with Crippen LogP contribution in [0.3, 0.4) is 0 Å². The summed E-state index contributed by atoms with van der Waals surface area (Å²) < 4.78 is 2.18. The van der Waals surface area contributed by atoms with Gasteiger partial charge in [-0.25, -0.2) is 0 Å². The van der Waals surface area contributed by atoms with Crippen LogP contribution in [-0.4, -0.2) is 4.57 Å². The normalized spacial score (nSPS) is 10.4. The average Bonchev–Trinajstić information content (AvgIpc) is 2.69. The largest absolute Gasteiger partial charge is 0.346 e. The van der Waals surface area contributed by atoms with Gasteiger partial charge in [0.2, 0.25) is 0 Å². The zero-order valence-corrected chi connectivity index (χ0v) is 8.61. The summed E-state index contributed by atoms with van der Waals surface area (Å²) in [6, 6.07) is 8.30. The molecule has 0 spiro atoms. The van der Waals surface area contributed by atoms with E-state index in [9.17, 15) is 0 Å². The smallest absolute Gasteiger partial charge is 0.0526 e. The molecule has 0 aliphatic heterocycles. The Labute approximate surface area is 89.7 Å². The van der Waals surface area contributed by atoms with Gasteiger partial charge in [0.1, 0.15) is 0 Å². The van der Waals surface area contributed by atoms with Gasteiger partial charge in [0.05, 0.1) is 5.52 Å². The first-order chi connectivity index (χ1) is 7.36. The Morgan fingerprint density at radius 1 is 1.33 bits per heavy atom. The summed E-state index contributed by atoms with van der Waals surface area (Å²) in [7, 11) is 0. The Morgan fingerprint density at radius 3 is 2.93 bits per heavy atom. The highest BCUT2D eigenvalue weighted by Crippen LogP contribution is 2.20. The number of hydrogen-bond acceptors (Lipinski definition) is 1. The van der Waals surface area contributed by atoms with Crippen LogP contribution in [0.25, 0.3) is 10.9 Å². The molecule has 1 aromatic carbocycles. The van der Waals surface area contributed by atoms with E-state index in [1.165, 1.54) is 16.5 Å². The van der Waals surface area contributed by atoms with E-state index in [4.69, 9.17) is 12.2 Å². The highest BCUT2D eigenvalue weighted by atomic mass is 15.0. The predicted octanol–water partition coefficient (Wildman–Crippen LogP) is 2.12. The molecule has 15 heavy (non-hydrogen) atoms. The van der Waals surface area contributed by atoms with Crippen LogP contribution in [-0.2, 0) is 13.1 Å². The van der Waals surface area contributed by atoms with Crippen molar-refractivity contribution < 1.29 is 0 Å². The van der Waals surface area contributed by atoms with Gasteiger partial charge >= 0.3 is 0 Å². The first-order valence-corrected chi connectivity index (χ1v) is 5.07. The van der Waals surface area contributed by atoms with E-state index in [0.29, 0.717) is 6.54 Å². The minimum atomic E-state index is 0.567. The van der Waals surface area contributed by atoms with Crippen LogP contribution in [0.4, 0.5) is 0 Å². The fourth-order valence-corrected chi connectivity index (χ4v) is 1.88. The molecule has 0 saturated carbocycles. The summed E-state index contributed by atoms with van der Waals surface area (Å²) in [4.78, 5) is 0. The third-order valence-electron chi connectivity index (χ3n) is 2.59. The van der Waals surface area contributed by atoms with Crippen LogP contribution in [0.2, 0.25) is 0 Å². The second-order valence-electron chi connectivity index (χ2n) is 3.52. The van der Waals surface area contributed by atoms with Gasteiger partial charge in [0.15, 0.2) is 0 Å². The van der Waals surface area contributed by atoms with E-state index >= 15 is 0 Å². The van der Waals surface area contributed by atoms with Gasteiger partial charge in [0.25, 0.3) is 0 Å². The molecule has 0 aliphatic carbocycles. The number of hydrogen-bond donors (Lipinski definition) is 1. The number of terminal acetylenes is 1. The first-order valence-electron chi connectivity index (χ1n) is 5.07. The van der Waals surface area contributed by atoms with E-state index in [1.54, 1.807) is 0 Å². The van der Waals surface area contributed by atoms with E-state index in [0.717, 1.165) is 13.0 Å². The monoisotopic (exact) mass is 198 g/mol. The Kier molecular flexibility index (Phi) is 2.75. The molecular weight excluding hydrogens is 184 g/mol. The van der Waals surface area contributed by atoms with Gasteiger partial charge in [-0.3, -0.25) is 0 Å².